The van der Waals surface area contributed by atoms with Crippen molar-refractivity contribution >= 4 is 0 Å². The molecular formula is C16H19NO2. The van der Waals surface area contributed by atoms with Gasteiger partial charge < -0.3 is 15.2 Å². The van der Waals surface area contributed by atoms with E-state index in [0.29, 0.717) is 13.2 Å². The molecule has 0 saturated carbocycles. The monoisotopic (exact) mass is 257 g/mol. The maximum absolute atomic E-state index is 5.79. The van der Waals surface area contributed by atoms with Crippen LogP contribution in [0, 0.1) is 6.92 Å². The first-order valence-electron chi connectivity index (χ1n) is 6.28. The van der Waals surface area contributed by atoms with Crippen molar-refractivity contribution in [2.24, 2.45) is 5.73 Å². The molecule has 0 aliphatic rings. The van der Waals surface area contributed by atoms with Gasteiger partial charge >= 0.3 is 0 Å². The summed E-state index contributed by atoms with van der Waals surface area (Å²) < 4.78 is 11.1. The van der Waals surface area contributed by atoms with Crippen molar-refractivity contribution in [3.05, 3.63) is 59.2 Å². The Kier molecular flexibility index (Phi) is 4.42. The van der Waals surface area contributed by atoms with E-state index >= 15 is 0 Å². The molecular weight excluding hydrogens is 238 g/mol. The maximum atomic E-state index is 5.79. The van der Waals surface area contributed by atoms with E-state index in [9.17, 15) is 0 Å². The van der Waals surface area contributed by atoms with Gasteiger partial charge in [0.1, 0.15) is 18.1 Å². The lowest BCUT2D eigenvalue weighted by molar-refractivity contribution is 0.296. The molecule has 0 aromatic heterocycles. The van der Waals surface area contributed by atoms with Crippen LogP contribution in [0.25, 0.3) is 0 Å². The Bertz CT molecular complexity index is 552. The summed E-state index contributed by atoms with van der Waals surface area (Å²) in [4.78, 5) is 0. The zero-order chi connectivity index (χ0) is 13.7. The molecule has 0 bridgehead atoms. The van der Waals surface area contributed by atoms with Crippen LogP contribution in [0.5, 0.6) is 11.5 Å². The highest BCUT2D eigenvalue weighted by molar-refractivity contribution is 5.37. The lowest BCUT2D eigenvalue weighted by Crippen LogP contribution is -2.02. The molecule has 0 amide bonds. The lowest BCUT2D eigenvalue weighted by atomic mass is 10.1. The minimum Gasteiger partial charge on any atom is -0.496 e. The average Bonchev–Trinajstić information content (AvgIpc) is 2.45. The second-order valence-corrected chi connectivity index (χ2v) is 4.46. The normalized spacial score (nSPS) is 10.3. The molecule has 0 atom stereocenters. The van der Waals surface area contributed by atoms with Crippen LogP contribution in [0.15, 0.2) is 42.5 Å². The van der Waals surface area contributed by atoms with Crippen molar-refractivity contribution in [3.8, 4) is 11.5 Å². The van der Waals surface area contributed by atoms with E-state index in [4.69, 9.17) is 15.2 Å². The van der Waals surface area contributed by atoms with Gasteiger partial charge in [0.25, 0.3) is 0 Å². The Morgan fingerprint density at radius 1 is 1.11 bits per heavy atom. The van der Waals surface area contributed by atoms with E-state index < -0.39 is 0 Å². The van der Waals surface area contributed by atoms with Crippen LogP contribution < -0.4 is 15.2 Å². The standard InChI is InChI=1S/C16H19NO2/c1-12-4-3-5-15(8-12)19-11-14-9-13(10-17)6-7-16(14)18-2/h3-9H,10-11,17H2,1-2H3. The van der Waals surface area contributed by atoms with Gasteiger partial charge in [-0.1, -0.05) is 18.2 Å². The lowest BCUT2D eigenvalue weighted by Gasteiger charge is -2.12. The van der Waals surface area contributed by atoms with Crippen LogP contribution in [-0.2, 0) is 13.2 Å². The van der Waals surface area contributed by atoms with Crippen LogP contribution in [-0.4, -0.2) is 7.11 Å². The number of aryl methyl sites for hydroxylation is 1. The molecule has 0 spiro atoms. The summed E-state index contributed by atoms with van der Waals surface area (Å²) >= 11 is 0. The van der Waals surface area contributed by atoms with Crippen LogP contribution in [0.4, 0.5) is 0 Å². The molecule has 0 fully saturated rings. The number of rotatable bonds is 5. The summed E-state index contributed by atoms with van der Waals surface area (Å²) in [5.74, 6) is 1.69. The SMILES string of the molecule is COc1ccc(CN)cc1COc1cccc(C)c1. The number of hydrogen-bond donors (Lipinski definition) is 1. The van der Waals surface area contributed by atoms with Crippen molar-refractivity contribution in [1.29, 1.82) is 0 Å². The van der Waals surface area contributed by atoms with E-state index in [1.54, 1.807) is 7.11 Å². The van der Waals surface area contributed by atoms with Gasteiger partial charge in [0.15, 0.2) is 0 Å². The van der Waals surface area contributed by atoms with Crippen molar-refractivity contribution in [3.63, 3.8) is 0 Å². The van der Waals surface area contributed by atoms with Crippen molar-refractivity contribution < 1.29 is 9.47 Å². The molecule has 0 aliphatic carbocycles. The van der Waals surface area contributed by atoms with Gasteiger partial charge in [0.2, 0.25) is 0 Å². The summed E-state index contributed by atoms with van der Waals surface area (Å²) in [6.07, 6.45) is 0. The third-order valence-electron chi connectivity index (χ3n) is 2.96. The Morgan fingerprint density at radius 2 is 1.95 bits per heavy atom. The molecule has 19 heavy (non-hydrogen) atoms. The number of benzene rings is 2. The summed E-state index contributed by atoms with van der Waals surface area (Å²) in [7, 11) is 1.66. The summed E-state index contributed by atoms with van der Waals surface area (Å²) in [5, 5.41) is 0. The highest BCUT2D eigenvalue weighted by Crippen LogP contribution is 2.22. The highest BCUT2D eigenvalue weighted by atomic mass is 16.5. The maximum Gasteiger partial charge on any atom is 0.125 e. The van der Waals surface area contributed by atoms with E-state index in [1.807, 2.05) is 49.4 Å². The van der Waals surface area contributed by atoms with Crippen molar-refractivity contribution in [2.75, 3.05) is 7.11 Å². The second-order valence-electron chi connectivity index (χ2n) is 4.46. The molecule has 2 aromatic carbocycles. The molecule has 100 valence electrons. The summed E-state index contributed by atoms with van der Waals surface area (Å²) in [6.45, 7) is 3.03. The third-order valence-corrected chi connectivity index (χ3v) is 2.96. The minimum atomic E-state index is 0.473. The zero-order valence-electron chi connectivity index (χ0n) is 11.3. The predicted molar refractivity (Wildman–Crippen MR) is 76.4 cm³/mol. The molecule has 2 aromatic rings. The first kappa shape index (κ1) is 13.4. The fourth-order valence-electron chi connectivity index (χ4n) is 1.94. The fourth-order valence-corrected chi connectivity index (χ4v) is 1.94. The predicted octanol–water partition coefficient (Wildman–Crippen LogP) is 3.04. The molecule has 0 saturated heterocycles. The largest absolute Gasteiger partial charge is 0.496 e. The minimum absolute atomic E-state index is 0.473. The van der Waals surface area contributed by atoms with E-state index in [0.717, 1.165) is 22.6 Å². The van der Waals surface area contributed by atoms with Crippen LogP contribution in [0.2, 0.25) is 0 Å². The number of nitrogens with two attached hydrogens (primary N) is 1. The first-order valence-corrected chi connectivity index (χ1v) is 6.28. The molecule has 0 radical (unpaired) electrons. The number of ether oxygens (including phenoxy) is 2. The Balaban J connectivity index is 2.14. The average molecular weight is 257 g/mol. The zero-order valence-corrected chi connectivity index (χ0v) is 11.3. The first-order chi connectivity index (χ1) is 9.22. The highest BCUT2D eigenvalue weighted by Gasteiger charge is 2.05. The molecule has 2 N–H and O–H groups in total. The summed E-state index contributed by atoms with van der Waals surface area (Å²) in [6, 6.07) is 13.9. The number of methoxy groups -OCH3 is 1. The Hall–Kier alpha value is -2.00. The topological polar surface area (TPSA) is 44.5 Å². The van der Waals surface area contributed by atoms with Gasteiger partial charge in [0.05, 0.1) is 7.11 Å². The third kappa shape index (κ3) is 3.48. The van der Waals surface area contributed by atoms with Crippen molar-refractivity contribution in [2.45, 2.75) is 20.1 Å². The molecule has 0 aliphatic heterocycles. The molecule has 0 heterocycles. The Morgan fingerprint density at radius 3 is 2.63 bits per heavy atom. The van der Waals surface area contributed by atoms with E-state index in [2.05, 4.69) is 0 Å². The summed E-state index contributed by atoms with van der Waals surface area (Å²) in [5.41, 5.74) is 8.92. The smallest absolute Gasteiger partial charge is 0.125 e. The van der Waals surface area contributed by atoms with Gasteiger partial charge in [0, 0.05) is 12.1 Å². The van der Waals surface area contributed by atoms with Gasteiger partial charge in [-0.3, -0.25) is 0 Å². The van der Waals surface area contributed by atoms with E-state index in [1.165, 1.54) is 5.56 Å². The molecule has 3 nitrogen and oxygen atoms in total. The van der Waals surface area contributed by atoms with Gasteiger partial charge in [-0.15, -0.1) is 0 Å². The van der Waals surface area contributed by atoms with Crippen LogP contribution >= 0.6 is 0 Å². The van der Waals surface area contributed by atoms with Gasteiger partial charge in [-0.05, 0) is 42.3 Å². The fraction of sp³-hybridized carbons (Fsp3) is 0.250. The van der Waals surface area contributed by atoms with Gasteiger partial charge in [-0.25, -0.2) is 0 Å². The quantitative estimate of drug-likeness (QED) is 0.895. The number of hydrogen-bond acceptors (Lipinski definition) is 3. The van der Waals surface area contributed by atoms with Crippen molar-refractivity contribution in [1.82, 2.24) is 0 Å². The van der Waals surface area contributed by atoms with Crippen LogP contribution in [0.1, 0.15) is 16.7 Å². The van der Waals surface area contributed by atoms with Gasteiger partial charge in [-0.2, -0.15) is 0 Å². The Labute approximate surface area is 114 Å². The second kappa shape index (κ2) is 6.25. The van der Waals surface area contributed by atoms with Crippen LogP contribution in [0.3, 0.4) is 0 Å². The molecule has 2 rings (SSSR count). The molecule has 3 heteroatoms. The van der Waals surface area contributed by atoms with E-state index in [-0.39, 0.29) is 0 Å². The molecule has 0 unspecified atom stereocenters.